The lowest BCUT2D eigenvalue weighted by molar-refractivity contribution is -0.126. The molecule has 0 aromatic heterocycles. The average Bonchev–Trinajstić information content (AvgIpc) is 2.67. The van der Waals surface area contributed by atoms with Crippen LogP contribution in [-0.4, -0.2) is 25.0 Å². The van der Waals surface area contributed by atoms with Crippen LogP contribution in [-0.2, 0) is 17.8 Å². The summed E-state index contributed by atoms with van der Waals surface area (Å²) in [5, 5.41) is 6.48. The van der Waals surface area contributed by atoms with Crippen molar-refractivity contribution in [2.75, 3.05) is 13.1 Å². The number of rotatable bonds is 7. The molecule has 3 rings (SSSR count). The van der Waals surface area contributed by atoms with E-state index in [2.05, 4.69) is 41.8 Å². The van der Waals surface area contributed by atoms with Crippen LogP contribution in [0.1, 0.15) is 30.9 Å². The standard InChI is InChI=1S/C22H28N2O2.ClH/c1-17-14-20(11-13-23-17)22(25)24-12-10-18-8-5-9-21(15-18)26-16-19-6-3-2-4-7-19;/h2-9,15,17,20,23H,10-14,16H2,1H3,(H,24,25);1H/t17-,20-;/m0./s1. The SMILES string of the molecule is C[C@H]1C[C@@H](C(=O)NCCc2cccc(OCc3ccccc3)c2)CCN1.Cl. The predicted octanol–water partition coefficient (Wildman–Crippen LogP) is 3.73. The Labute approximate surface area is 168 Å². The average molecular weight is 389 g/mol. The topological polar surface area (TPSA) is 50.4 Å². The van der Waals surface area contributed by atoms with Gasteiger partial charge in [-0.05, 0) is 56.0 Å². The van der Waals surface area contributed by atoms with Crippen LogP contribution in [0.25, 0.3) is 0 Å². The van der Waals surface area contributed by atoms with Gasteiger partial charge in [0.15, 0.2) is 0 Å². The molecule has 1 fully saturated rings. The maximum Gasteiger partial charge on any atom is 0.223 e. The van der Waals surface area contributed by atoms with Crippen LogP contribution in [0.15, 0.2) is 54.6 Å². The van der Waals surface area contributed by atoms with Crippen molar-refractivity contribution in [3.8, 4) is 5.75 Å². The molecule has 0 aliphatic carbocycles. The Bertz CT molecular complexity index is 708. The summed E-state index contributed by atoms with van der Waals surface area (Å²) in [6.07, 6.45) is 2.67. The van der Waals surface area contributed by atoms with Gasteiger partial charge in [0.25, 0.3) is 0 Å². The van der Waals surface area contributed by atoms with Crippen molar-refractivity contribution in [2.45, 2.75) is 38.8 Å². The number of ether oxygens (including phenoxy) is 1. The van der Waals surface area contributed by atoms with Crippen molar-refractivity contribution in [1.82, 2.24) is 10.6 Å². The highest BCUT2D eigenvalue weighted by Crippen LogP contribution is 2.17. The summed E-state index contributed by atoms with van der Waals surface area (Å²) >= 11 is 0. The first-order valence-corrected chi connectivity index (χ1v) is 9.47. The maximum absolute atomic E-state index is 12.3. The lowest BCUT2D eigenvalue weighted by Gasteiger charge is -2.27. The largest absolute Gasteiger partial charge is 0.489 e. The summed E-state index contributed by atoms with van der Waals surface area (Å²) in [6, 6.07) is 18.7. The molecule has 0 radical (unpaired) electrons. The predicted molar refractivity (Wildman–Crippen MR) is 111 cm³/mol. The molecule has 2 N–H and O–H groups in total. The molecule has 0 spiro atoms. The zero-order valence-electron chi connectivity index (χ0n) is 15.8. The number of hydrogen-bond donors (Lipinski definition) is 2. The van der Waals surface area contributed by atoms with Crippen LogP contribution in [0.4, 0.5) is 0 Å². The summed E-state index contributed by atoms with van der Waals surface area (Å²) in [5.74, 6) is 1.20. The number of halogens is 1. The van der Waals surface area contributed by atoms with Gasteiger partial charge in [-0.1, -0.05) is 42.5 Å². The summed E-state index contributed by atoms with van der Waals surface area (Å²) in [7, 11) is 0. The molecule has 1 heterocycles. The van der Waals surface area contributed by atoms with E-state index in [1.807, 2.05) is 30.3 Å². The minimum Gasteiger partial charge on any atom is -0.489 e. The highest BCUT2D eigenvalue weighted by atomic mass is 35.5. The van der Waals surface area contributed by atoms with Crippen LogP contribution in [0, 0.1) is 5.92 Å². The smallest absolute Gasteiger partial charge is 0.223 e. The Balaban J connectivity index is 0.00000261. The fraction of sp³-hybridized carbons (Fsp3) is 0.409. The van der Waals surface area contributed by atoms with Crippen LogP contribution in [0.5, 0.6) is 5.75 Å². The quantitative estimate of drug-likeness (QED) is 0.759. The molecule has 2 aromatic carbocycles. The fourth-order valence-electron chi connectivity index (χ4n) is 3.38. The number of hydrogen-bond acceptors (Lipinski definition) is 3. The second-order valence-corrected chi connectivity index (χ2v) is 7.04. The van der Waals surface area contributed by atoms with Crippen molar-refractivity contribution in [3.05, 3.63) is 65.7 Å². The summed E-state index contributed by atoms with van der Waals surface area (Å²) in [5.41, 5.74) is 2.33. The van der Waals surface area contributed by atoms with E-state index in [0.29, 0.717) is 19.2 Å². The minimum atomic E-state index is 0. The number of benzene rings is 2. The van der Waals surface area contributed by atoms with E-state index >= 15 is 0 Å². The maximum atomic E-state index is 12.3. The van der Waals surface area contributed by atoms with Gasteiger partial charge in [-0.25, -0.2) is 0 Å². The van der Waals surface area contributed by atoms with Gasteiger partial charge >= 0.3 is 0 Å². The molecule has 0 bridgehead atoms. The van der Waals surface area contributed by atoms with Gasteiger partial charge in [-0.3, -0.25) is 4.79 Å². The fourth-order valence-corrected chi connectivity index (χ4v) is 3.38. The highest BCUT2D eigenvalue weighted by molar-refractivity contribution is 5.85. The third kappa shape index (κ3) is 6.89. The molecule has 0 unspecified atom stereocenters. The van der Waals surface area contributed by atoms with Crippen molar-refractivity contribution >= 4 is 18.3 Å². The second kappa shape index (κ2) is 11.0. The first-order valence-electron chi connectivity index (χ1n) is 9.47. The molecule has 5 heteroatoms. The molecule has 2 aromatic rings. The van der Waals surface area contributed by atoms with Gasteiger partial charge in [0, 0.05) is 18.5 Å². The van der Waals surface area contributed by atoms with E-state index in [1.165, 1.54) is 5.56 Å². The summed E-state index contributed by atoms with van der Waals surface area (Å²) in [4.78, 5) is 12.3. The molecule has 2 atom stereocenters. The number of amides is 1. The van der Waals surface area contributed by atoms with Gasteiger partial charge in [-0.15, -0.1) is 12.4 Å². The van der Waals surface area contributed by atoms with Crippen molar-refractivity contribution < 1.29 is 9.53 Å². The molecule has 4 nitrogen and oxygen atoms in total. The van der Waals surface area contributed by atoms with E-state index < -0.39 is 0 Å². The van der Waals surface area contributed by atoms with Crippen LogP contribution >= 0.6 is 12.4 Å². The number of carbonyl (C=O) groups is 1. The van der Waals surface area contributed by atoms with Crippen molar-refractivity contribution in [3.63, 3.8) is 0 Å². The Morgan fingerprint density at radius 1 is 1.15 bits per heavy atom. The van der Waals surface area contributed by atoms with Crippen LogP contribution < -0.4 is 15.4 Å². The molecule has 1 aliphatic rings. The zero-order valence-corrected chi connectivity index (χ0v) is 16.6. The van der Waals surface area contributed by atoms with Crippen molar-refractivity contribution in [1.29, 1.82) is 0 Å². The molecule has 1 saturated heterocycles. The Hall–Kier alpha value is -2.04. The summed E-state index contributed by atoms with van der Waals surface area (Å²) < 4.78 is 5.87. The molecular weight excluding hydrogens is 360 g/mol. The molecular formula is C22H29ClN2O2. The van der Waals surface area contributed by atoms with Crippen molar-refractivity contribution in [2.24, 2.45) is 5.92 Å². The Morgan fingerprint density at radius 3 is 2.70 bits per heavy atom. The zero-order chi connectivity index (χ0) is 18.2. The third-order valence-electron chi connectivity index (χ3n) is 4.85. The first-order chi connectivity index (χ1) is 12.7. The normalized spacial score (nSPS) is 19.0. The summed E-state index contributed by atoms with van der Waals surface area (Å²) in [6.45, 7) is 4.30. The van der Waals surface area contributed by atoms with E-state index in [1.54, 1.807) is 0 Å². The molecule has 1 aliphatic heterocycles. The minimum absolute atomic E-state index is 0. The highest BCUT2D eigenvalue weighted by Gasteiger charge is 2.24. The third-order valence-corrected chi connectivity index (χ3v) is 4.85. The lowest BCUT2D eigenvalue weighted by Crippen LogP contribution is -2.42. The Kier molecular flexibility index (Phi) is 8.62. The van der Waals surface area contributed by atoms with Crippen LogP contribution in [0.3, 0.4) is 0 Å². The van der Waals surface area contributed by atoms with Gasteiger partial charge in [0.2, 0.25) is 5.91 Å². The number of nitrogens with one attached hydrogen (secondary N) is 2. The number of piperidine rings is 1. The van der Waals surface area contributed by atoms with E-state index in [4.69, 9.17) is 4.74 Å². The first kappa shape index (κ1) is 21.3. The molecule has 27 heavy (non-hydrogen) atoms. The molecule has 0 saturated carbocycles. The molecule has 146 valence electrons. The van der Waals surface area contributed by atoms with E-state index in [9.17, 15) is 4.79 Å². The van der Waals surface area contributed by atoms with E-state index in [0.717, 1.165) is 37.1 Å². The van der Waals surface area contributed by atoms with Gasteiger partial charge in [-0.2, -0.15) is 0 Å². The number of carbonyl (C=O) groups excluding carboxylic acids is 1. The second-order valence-electron chi connectivity index (χ2n) is 7.04. The van der Waals surface area contributed by atoms with Gasteiger partial charge < -0.3 is 15.4 Å². The monoisotopic (exact) mass is 388 g/mol. The molecule has 1 amide bonds. The van der Waals surface area contributed by atoms with Crippen LogP contribution in [0.2, 0.25) is 0 Å². The van der Waals surface area contributed by atoms with Gasteiger partial charge in [0.1, 0.15) is 12.4 Å². The van der Waals surface area contributed by atoms with E-state index in [-0.39, 0.29) is 24.2 Å². The lowest BCUT2D eigenvalue weighted by atomic mass is 9.92. The van der Waals surface area contributed by atoms with Gasteiger partial charge in [0.05, 0.1) is 0 Å². The Morgan fingerprint density at radius 2 is 1.93 bits per heavy atom.